The number of nitrogen functional groups attached to an aromatic ring is 1. The number of aromatic nitrogens is 4. The number of nitrogens with two attached hydrogens (primary N) is 3. The molecule has 16 heteroatoms. The predicted octanol–water partition coefficient (Wildman–Crippen LogP) is 1.36. The number of nitrogens with one attached hydrogen (secondary N) is 3. The molecule has 9 N–H and O–H groups in total. The number of anilines is 1. The van der Waals surface area contributed by atoms with E-state index in [2.05, 4.69) is 54.3 Å². The van der Waals surface area contributed by atoms with Crippen molar-refractivity contribution in [2.75, 3.05) is 45.1 Å². The maximum atomic E-state index is 12.8. The maximum absolute atomic E-state index is 12.8. The molecule has 1 fully saturated rings. The van der Waals surface area contributed by atoms with Crippen LogP contribution in [0.4, 0.5) is 10.6 Å². The van der Waals surface area contributed by atoms with Gasteiger partial charge in [-0.2, -0.15) is 9.97 Å². The van der Waals surface area contributed by atoms with Gasteiger partial charge in [0, 0.05) is 13.1 Å². The summed E-state index contributed by atoms with van der Waals surface area (Å²) in [6, 6.07) is 7.65. The predicted molar refractivity (Wildman–Crippen MR) is 185 cm³/mol. The molecule has 16 nitrogen and oxygen atoms in total. The van der Waals surface area contributed by atoms with Gasteiger partial charge >= 0.3 is 17.8 Å². The Morgan fingerprint density at radius 3 is 2.45 bits per heavy atom. The van der Waals surface area contributed by atoms with Crippen molar-refractivity contribution < 1.29 is 23.9 Å². The van der Waals surface area contributed by atoms with Gasteiger partial charge < -0.3 is 42.3 Å². The van der Waals surface area contributed by atoms with E-state index < -0.39 is 24.6 Å². The first-order valence-electron chi connectivity index (χ1n) is 17.0. The smallest absolute Gasteiger partial charge is 0.405 e. The Bertz CT molecular complexity index is 1580. The van der Waals surface area contributed by atoms with Crippen LogP contribution in [-0.2, 0) is 27.4 Å². The van der Waals surface area contributed by atoms with E-state index in [-0.39, 0.29) is 23.4 Å². The molecule has 3 amide bonds. The van der Waals surface area contributed by atoms with E-state index in [1.807, 2.05) is 12.1 Å². The number of primary amides is 1. The minimum atomic E-state index is -1.05. The Hall–Kier alpha value is -4.70. The van der Waals surface area contributed by atoms with Crippen molar-refractivity contribution in [2.45, 2.75) is 77.4 Å². The molecule has 0 saturated carbocycles. The van der Waals surface area contributed by atoms with E-state index >= 15 is 0 Å². The van der Waals surface area contributed by atoms with Gasteiger partial charge in [0.2, 0.25) is 5.91 Å². The number of aromatic amines is 1. The highest BCUT2D eigenvalue weighted by Gasteiger charge is 2.23. The summed E-state index contributed by atoms with van der Waals surface area (Å²) in [6.45, 7) is 6.07. The van der Waals surface area contributed by atoms with Crippen molar-refractivity contribution >= 4 is 34.9 Å². The Morgan fingerprint density at radius 2 is 1.78 bits per heavy atom. The van der Waals surface area contributed by atoms with Crippen LogP contribution in [0, 0.1) is 5.92 Å². The van der Waals surface area contributed by atoms with Gasteiger partial charge in [0.15, 0.2) is 18.1 Å². The van der Waals surface area contributed by atoms with E-state index in [1.54, 1.807) is 4.57 Å². The number of imidazole rings is 1. The lowest BCUT2D eigenvalue weighted by Crippen LogP contribution is -2.48. The first-order valence-corrected chi connectivity index (χ1v) is 17.0. The molecule has 1 aliphatic heterocycles. The molecule has 268 valence electrons. The van der Waals surface area contributed by atoms with E-state index in [1.165, 1.54) is 5.56 Å². The Kier molecular flexibility index (Phi) is 14.2. The SMILES string of the molecule is CCCCOc1nc(N)c2[nH]c(=O)n(Cc3ccc(CN4CCC(CCNC(=O)[C@@H](CCCCN)NC(=O)COC(N)=O)CC4)cc3)c2n1. The van der Waals surface area contributed by atoms with Crippen molar-refractivity contribution in [1.29, 1.82) is 0 Å². The highest BCUT2D eigenvalue weighted by Crippen LogP contribution is 2.22. The van der Waals surface area contributed by atoms with Gasteiger partial charge in [-0.25, -0.2) is 9.59 Å². The monoisotopic (exact) mass is 682 g/mol. The lowest BCUT2D eigenvalue weighted by molar-refractivity contribution is -0.130. The third-order valence-corrected chi connectivity index (χ3v) is 8.63. The van der Waals surface area contributed by atoms with Gasteiger partial charge in [0.25, 0.3) is 5.91 Å². The molecular formula is C33H50N10O6. The van der Waals surface area contributed by atoms with Crippen molar-refractivity contribution in [3.8, 4) is 6.01 Å². The molecule has 1 atom stereocenters. The quantitative estimate of drug-likeness (QED) is 0.0987. The van der Waals surface area contributed by atoms with Crippen LogP contribution in [0.25, 0.3) is 11.2 Å². The second-order valence-corrected chi connectivity index (χ2v) is 12.4. The second kappa shape index (κ2) is 18.7. The number of fused-ring (bicyclic) bond motifs is 1. The number of ether oxygens (including phenoxy) is 2. The third-order valence-electron chi connectivity index (χ3n) is 8.63. The minimum Gasteiger partial charge on any atom is -0.463 e. The fourth-order valence-corrected chi connectivity index (χ4v) is 5.83. The Balaban J connectivity index is 1.22. The lowest BCUT2D eigenvalue weighted by Gasteiger charge is -2.32. The second-order valence-electron chi connectivity index (χ2n) is 12.4. The number of rotatable bonds is 19. The minimum absolute atomic E-state index is 0.161. The number of H-pyrrole nitrogens is 1. The summed E-state index contributed by atoms with van der Waals surface area (Å²) in [7, 11) is 0. The standard InChI is InChI=1S/C33H50N10O6/c1-2-3-18-48-32-40-28(35)27-29(41-32)43(33(47)39-27)20-24-9-7-23(8-10-24)19-42-16-12-22(13-17-42)11-15-37-30(45)25(6-4-5-14-34)38-26(44)21-49-31(36)46/h7-10,22,25H,2-6,11-21,34H2,1H3,(H2,36,46)(H,37,45)(H,38,44)(H,39,47)(H2,35,40,41)/t25-/m1/s1. The average Bonchev–Trinajstić information content (AvgIpc) is 3.40. The molecular weight excluding hydrogens is 632 g/mol. The fraction of sp³-hybridized carbons (Fsp3) is 0.576. The van der Waals surface area contributed by atoms with Gasteiger partial charge in [0.1, 0.15) is 11.6 Å². The number of hydrogen-bond acceptors (Lipinski definition) is 11. The molecule has 0 spiro atoms. The molecule has 1 saturated heterocycles. The molecule has 1 aromatic carbocycles. The third kappa shape index (κ3) is 11.5. The van der Waals surface area contributed by atoms with Gasteiger partial charge in [-0.05, 0) is 81.6 Å². The summed E-state index contributed by atoms with van der Waals surface area (Å²) in [4.78, 5) is 62.3. The largest absolute Gasteiger partial charge is 0.463 e. The summed E-state index contributed by atoms with van der Waals surface area (Å²) in [5.74, 6) is -0.187. The highest BCUT2D eigenvalue weighted by atomic mass is 16.5. The van der Waals surface area contributed by atoms with Crippen LogP contribution in [0.3, 0.4) is 0 Å². The molecule has 3 heterocycles. The molecule has 0 unspecified atom stereocenters. The van der Waals surface area contributed by atoms with Crippen LogP contribution in [0.15, 0.2) is 29.1 Å². The van der Waals surface area contributed by atoms with Crippen LogP contribution in [-0.4, -0.2) is 87.8 Å². The number of piperidine rings is 1. The number of carbonyl (C=O) groups excluding carboxylic acids is 3. The summed E-state index contributed by atoms with van der Waals surface area (Å²) in [6.07, 6.45) is 5.53. The molecule has 49 heavy (non-hydrogen) atoms. The molecule has 1 aliphatic rings. The zero-order valence-corrected chi connectivity index (χ0v) is 28.2. The highest BCUT2D eigenvalue weighted by molar-refractivity contribution is 5.88. The number of likely N-dealkylation sites (tertiary alicyclic amines) is 1. The van der Waals surface area contributed by atoms with Crippen molar-refractivity contribution in [2.24, 2.45) is 17.4 Å². The number of nitrogens with zero attached hydrogens (tertiary/aromatic N) is 4. The maximum Gasteiger partial charge on any atom is 0.405 e. The van der Waals surface area contributed by atoms with Gasteiger partial charge in [-0.1, -0.05) is 37.6 Å². The summed E-state index contributed by atoms with van der Waals surface area (Å²) in [5.41, 5.74) is 19.2. The normalized spacial score (nSPS) is 14.4. The summed E-state index contributed by atoms with van der Waals surface area (Å²) in [5, 5.41) is 5.58. The summed E-state index contributed by atoms with van der Waals surface area (Å²) < 4.78 is 11.7. The number of hydrogen-bond donors (Lipinski definition) is 6. The topological polar surface area (TPSA) is 239 Å². The number of unbranched alkanes of at least 4 members (excludes halogenated alkanes) is 2. The number of carbonyl (C=O) groups is 3. The molecule has 0 aliphatic carbocycles. The van der Waals surface area contributed by atoms with Gasteiger partial charge in [-0.3, -0.25) is 19.1 Å². The molecule has 2 aromatic heterocycles. The van der Waals surface area contributed by atoms with Crippen LogP contribution < -0.4 is 38.3 Å². The molecule has 0 bridgehead atoms. The summed E-state index contributed by atoms with van der Waals surface area (Å²) >= 11 is 0. The first kappa shape index (κ1) is 37.1. The van der Waals surface area contributed by atoms with E-state index in [0.29, 0.717) is 56.2 Å². The Morgan fingerprint density at radius 1 is 1.06 bits per heavy atom. The van der Waals surface area contributed by atoms with E-state index in [0.717, 1.165) is 63.7 Å². The van der Waals surface area contributed by atoms with Crippen LogP contribution in [0.5, 0.6) is 6.01 Å². The van der Waals surface area contributed by atoms with E-state index in [4.69, 9.17) is 21.9 Å². The van der Waals surface area contributed by atoms with Crippen LogP contribution in [0.1, 0.15) is 69.4 Å². The fourth-order valence-electron chi connectivity index (χ4n) is 5.83. The van der Waals surface area contributed by atoms with Gasteiger partial charge in [0.05, 0.1) is 13.2 Å². The zero-order valence-electron chi connectivity index (χ0n) is 28.2. The van der Waals surface area contributed by atoms with Crippen molar-refractivity contribution in [1.82, 2.24) is 35.1 Å². The Labute approximate surface area is 285 Å². The van der Waals surface area contributed by atoms with Crippen LogP contribution >= 0.6 is 0 Å². The first-order chi connectivity index (χ1) is 23.7. The number of amides is 3. The number of benzene rings is 1. The zero-order chi connectivity index (χ0) is 35.2. The van der Waals surface area contributed by atoms with Crippen LogP contribution in [0.2, 0.25) is 0 Å². The van der Waals surface area contributed by atoms with E-state index in [9.17, 15) is 19.2 Å². The van der Waals surface area contributed by atoms with Gasteiger partial charge in [-0.15, -0.1) is 0 Å². The molecule has 3 aromatic rings. The lowest BCUT2D eigenvalue weighted by atomic mass is 9.93. The van der Waals surface area contributed by atoms with Crippen molar-refractivity contribution in [3.63, 3.8) is 0 Å². The molecule has 0 radical (unpaired) electrons. The average molecular weight is 683 g/mol. The molecule has 4 rings (SSSR count). The van der Waals surface area contributed by atoms with Crippen molar-refractivity contribution in [3.05, 3.63) is 45.9 Å².